The van der Waals surface area contributed by atoms with Crippen molar-refractivity contribution in [2.45, 2.75) is 18.9 Å². The Morgan fingerprint density at radius 2 is 2.33 bits per heavy atom. The SMILES string of the molecule is Cl.NC(=S)[C@H]1CCCN1. The summed E-state index contributed by atoms with van der Waals surface area (Å²) < 4.78 is 0. The zero-order valence-corrected chi connectivity index (χ0v) is 6.73. The number of nitrogens with one attached hydrogen (secondary N) is 1. The molecule has 1 heterocycles. The van der Waals surface area contributed by atoms with Crippen molar-refractivity contribution < 1.29 is 0 Å². The second-order valence-electron chi connectivity index (χ2n) is 2.05. The summed E-state index contributed by atoms with van der Waals surface area (Å²) in [6.45, 7) is 1.07. The second kappa shape index (κ2) is 4.04. The van der Waals surface area contributed by atoms with Crippen molar-refractivity contribution in [2.24, 2.45) is 5.73 Å². The van der Waals surface area contributed by atoms with E-state index in [2.05, 4.69) is 5.32 Å². The largest absolute Gasteiger partial charge is 0.392 e. The standard InChI is InChI=1S/C5H10N2S.ClH/c6-5(8)4-2-1-3-7-4;/h4,7H,1-3H2,(H2,6,8);1H/t4-;/m1./s1. The van der Waals surface area contributed by atoms with Gasteiger partial charge in [-0.15, -0.1) is 12.4 Å². The van der Waals surface area contributed by atoms with Gasteiger partial charge in [0.15, 0.2) is 0 Å². The lowest BCUT2D eigenvalue weighted by molar-refractivity contribution is 0.765. The Labute approximate surface area is 66.6 Å². The summed E-state index contributed by atoms with van der Waals surface area (Å²) in [6.07, 6.45) is 2.33. The molecule has 1 fully saturated rings. The van der Waals surface area contributed by atoms with E-state index < -0.39 is 0 Å². The highest BCUT2D eigenvalue weighted by atomic mass is 35.5. The smallest absolute Gasteiger partial charge is 0.0899 e. The van der Waals surface area contributed by atoms with E-state index in [-0.39, 0.29) is 12.4 Å². The van der Waals surface area contributed by atoms with E-state index >= 15 is 0 Å². The number of hydrogen-bond donors (Lipinski definition) is 2. The molecule has 1 atom stereocenters. The van der Waals surface area contributed by atoms with Crippen LogP contribution in [0.2, 0.25) is 0 Å². The predicted molar refractivity (Wildman–Crippen MR) is 45.1 cm³/mol. The molecule has 1 aliphatic heterocycles. The Bertz CT molecular complexity index is 101. The second-order valence-corrected chi connectivity index (χ2v) is 2.52. The van der Waals surface area contributed by atoms with Crippen molar-refractivity contribution in [3.63, 3.8) is 0 Å². The van der Waals surface area contributed by atoms with Crippen LogP contribution in [0.3, 0.4) is 0 Å². The average molecular weight is 167 g/mol. The summed E-state index contributed by atoms with van der Waals surface area (Å²) in [5.74, 6) is 0. The maximum atomic E-state index is 5.37. The summed E-state index contributed by atoms with van der Waals surface area (Å²) >= 11 is 4.77. The third kappa shape index (κ3) is 2.47. The summed E-state index contributed by atoms with van der Waals surface area (Å²) in [6, 6.07) is 0.324. The van der Waals surface area contributed by atoms with Crippen molar-refractivity contribution in [1.82, 2.24) is 5.32 Å². The topological polar surface area (TPSA) is 38.0 Å². The van der Waals surface area contributed by atoms with Gasteiger partial charge in [-0.2, -0.15) is 0 Å². The lowest BCUT2D eigenvalue weighted by Crippen LogP contribution is -2.34. The van der Waals surface area contributed by atoms with E-state index in [4.69, 9.17) is 18.0 Å². The van der Waals surface area contributed by atoms with Gasteiger partial charge in [0.25, 0.3) is 0 Å². The minimum Gasteiger partial charge on any atom is -0.392 e. The molecular formula is C5H11ClN2S. The monoisotopic (exact) mass is 166 g/mol. The minimum absolute atomic E-state index is 0. The molecule has 0 spiro atoms. The molecule has 9 heavy (non-hydrogen) atoms. The van der Waals surface area contributed by atoms with Crippen LogP contribution in [-0.2, 0) is 0 Å². The van der Waals surface area contributed by atoms with Crippen molar-refractivity contribution in [3.8, 4) is 0 Å². The van der Waals surface area contributed by atoms with Crippen LogP contribution in [0.15, 0.2) is 0 Å². The number of rotatable bonds is 1. The highest BCUT2D eigenvalue weighted by Gasteiger charge is 2.15. The van der Waals surface area contributed by atoms with Gasteiger partial charge in [0.1, 0.15) is 0 Å². The van der Waals surface area contributed by atoms with Crippen LogP contribution < -0.4 is 11.1 Å². The van der Waals surface area contributed by atoms with Gasteiger partial charge in [-0.3, -0.25) is 0 Å². The Hall–Kier alpha value is 0.140. The summed E-state index contributed by atoms with van der Waals surface area (Å²) in [7, 11) is 0. The molecule has 0 unspecified atom stereocenters. The van der Waals surface area contributed by atoms with E-state index in [9.17, 15) is 0 Å². The van der Waals surface area contributed by atoms with E-state index in [0.717, 1.165) is 13.0 Å². The van der Waals surface area contributed by atoms with Gasteiger partial charge < -0.3 is 11.1 Å². The first-order chi connectivity index (χ1) is 3.80. The molecule has 0 aromatic carbocycles. The van der Waals surface area contributed by atoms with Crippen molar-refractivity contribution in [1.29, 1.82) is 0 Å². The third-order valence-electron chi connectivity index (χ3n) is 1.40. The van der Waals surface area contributed by atoms with E-state index in [1.807, 2.05) is 0 Å². The average Bonchev–Trinajstić information content (AvgIpc) is 2.12. The van der Waals surface area contributed by atoms with Crippen LogP contribution in [-0.4, -0.2) is 17.6 Å². The number of thiocarbonyl (C=S) groups is 1. The highest BCUT2D eigenvalue weighted by Crippen LogP contribution is 2.03. The fourth-order valence-electron chi connectivity index (χ4n) is 0.927. The molecule has 0 saturated carbocycles. The van der Waals surface area contributed by atoms with Gasteiger partial charge in [0.05, 0.1) is 11.0 Å². The highest BCUT2D eigenvalue weighted by molar-refractivity contribution is 7.80. The van der Waals surface area contributed by atoms with Crippen LogP contribution in [0.5, 0.6) is 0 Å². The van der Waals surface area contributed by atoms with Gasteiger partial charge in [0, 0.05) is 0 Å². The summed E-state index contributed by atoms with van der Waals surface area (Å²) in [5.41, 5.74) is 5.37. The maximum Gasteiger partial charge on any atom is 0.0899 e. The molecule has 1 saturated heterocycles. The normalized spacial score (nSPS) is 25.1. The first-order valence-corrected chi connectivity index (χ1v) is 3.24. The lowest BCUT2D eigenvalue weighted by atomic mass is 10.2. The molecular weight excluding hydrogens is 156 g/mol. The zero-order valence-electron chi connectivity index (χ0n) is 5.09. The van der Waals surface area contributed by atoms with Gasteiger partial charge in [-0.25, -0.2) is 0 Å². The van der Waals surface area contributed by atoms with E-state index in [1.165, 1.54) is 6.42 Å². The Kier molecular flexibility index (Phi) is 4.10. The predicted octanol–water partition coefficient (Wildman–Crippen LogP) is 0.446. The van der Waals surface area contributed by atoms with Crippen molar-refractivity contribution in [2.75, 3.05) is 6.54 Å². The molecule has 3 N–H and O–H groups in total. The van der Waals surface area contributed by atoms with Crippen LogP contribution in [0.4, 0.5) is 0 Å². The lowest BCUT2D eigenvalue weighted by Gasteiger charge is -2.04. The van der Waals surface area contributed by atoms with Crippen LogP contribution >= 0.6 is 24.6 Å². The molecule has 0 bridgehead atoms. The fraction of sp³-hybridized carbons (Fsp3) is 0.800. The molecule has 2 nitrogen and oxygen atoms in total. The molecule has 4 heteroatoms. The maximum absolute atomic E-state index is 5.37. The Balaban J connectivity index is 0.000000640. The van der Waals surface area contributed by atoms with Gasteiger partial charge in [-0.05, 0) is 19.4 Å². The number of nitrogens with two attached hydrogens (primary N) is 1. The first kappa shape index (κ1) is 9.14. The molecule has 0 aliphatic carbocycles. The summed E-state index contributed by atoms with van der Waals surface area (Å²) in [5, 5.41) is 3.19. The minimum atomic E-state index is 0. The van der Waals surface area contributed by atoms with Crippen molar-refractivity contribution >= 4 is 29.6 Å². The molecule has 0 radical (unpaired) electrons. The van der Waals surface area contributed by atoms with Crippen LogP contribution in [0, 0.1) is 0 Å². The van der Waals surface area contributed by atoms with Gasteiger partial charge in [-0.1, -0.05) is 12.2 Å². The molecule has 0 aromatic rings. The molecule has 0 amide bonds. The fourth-order valence-corrected chi connectivity index (χ4v) is 1.13. The zero-order chi connectivity index (χ0) is 5.98. The molecule has 54 valence electrons. The van der Waals surface area contributed by atoms with E-state index in [0.29, 0.717) is 11.0 Å². The van der Waals surface area contributed by atoms with Gasteiger partial charge >= 0.3 is 0 Å². The van der Waals surface area contributed by atoms with E-state index in [1.54, 1.807) is 0 Å². The number of halogens is 1. The molecule has 1 aliphatic rings. The number of hydrogen-bond acceptors (Lipinski definition) is 2. The molecule has 0 aromatic heterocycles. The summed E-state index contributed by atoms with van der Waals surface area (Å²) in [4.78, 5) is 0.613. The van der Waals surface area contributed by atoms with Crippen LogP contribution in [0.25, 0.3) is 0 Å². The molecule has 1 rings (SSSR count). The van der Waals surface area contributed by atoms with Gasteiger partial charge in [0.2, 0.25) is 0 Å². The Morgan fingerprint density at radius 3 is 2.56 bits per heavy atom. The third-order valence-corrected chi connectivity index (χ3v) is 1.69. The first-order valence-electron chi connectivity index (χ1n) is 2.83. The van der Waals surface area contributed by atoms with Crippen molar-refractivity contribution in [3.05, 3.63) is 0 Å². The Morgan fingerprint density at radius 1 is 1.67 bits per heavy atom. The van der Waals surface area contributed by atoms with Crippen LogP contribution in [0.1, 0.15) is 12.8 Å². The quantitative estimate of drug-likeness (QED) is 0.556.